The minimum absolute atomic E-state index is 0.0794. The van der Waals surface area contributed by atoms with Crippen LogP contribution in [-0.2, 0) is 0 Å². The van der Waals surface area contributed by atoms with E-state index in [0.717, 1.165) is 6.07 Å². The Hall–Kier alpha value is -1.69. The van der Waals surface area contributed by atoms with Crippen molar-refractivity contribution in [2.24, 2.45) is 5.73 Å². The van der Waals surface area contributed by atoms with E-state index in [1.54, 1.807) is 0 Å². The van der Waals surface area contributed by atoms with Crippen LogP contribution in [0.5, 0.6) is 0 Å². The first kappa shape index (κ1) is 8.41. The van der Waals surface area contributed by atoms with Gasteiger partial charge in [-0.1, -0.05) is 0 Å². The predicted molar refractivity (Wildman–Crippen MR) is 38.7 cm³/mol. The van der Waals surface area contributed by atoms with Gasteiger partial charge < -0.3 is 10.2 Å². The van der Waals surface area contributed by atoms with Gasteiger partial charge in [0.2, 0.25) is 5.78 Å². The normalized spacial score (nSPS) is 9.75. The quantitative estimate of drug-likeness (QED) is 0.400. The van der Waals surface area contributed by atoms with Crippen molar-refractivity contribution in [3.8, 4) is 0 Å². The van der Waals surface area contributed by atoms with Gasteiger partial charge in [0.25, 0.3) is 0 Å². The molecule has 64 valence electrons. The zero-order valence-corrected chi connectivity index (χ0v) is 6.02. The highest BCUT2D eigenvalue weighted by Gasteiger charge is 2.15. The lowest BCUT2D eigenvalue weighted by Crippen LogP contribution is -2.12. The van der Waals surface area contributed by atoms with Crippen LogP contribution in [0.1, 0.15) is 10.6 Å². The van der Waals surface area contributed by atoms with E-state index in [9.17, 15) is 14.9 Å². The van der Waals surface area contributed by atoms with Crippen molar-refractivity contribution in [3.05, 3.63) is 28.0 Å². The van der Waals surface area contributed by atoms with Gasteiger partial charge in [-0.15, -0.1) is 0 Å². The molecule has 2 N–H and O–H groups in total. The van der Waals surface area contributed by atoms with E-state index in [-0.39, 0.29) is 12.3 Å². The Morgan fingerprint density at radius 1 is 1.67 bits per heavy atom. The third-order valence-electron chi connectivity index (χ3n) is 1.23. The maximum absolute atomic E-state index is 10.8. The van der Waals surface area contributed by atoms with Crippen LogP contribution in [0.25, 0.3) is 0 Å². The summed E-state index contributed by atoms with van der Waals surface area (Å²) in [7, 11) is 0. The summed E-state index contributed by atoms with van der Waals surface area (Å²) in [6, 6.07) is 2.34. The van der Waals surface area contributed by atoms with Gasteiger partial charge in [0.15, 0.2) is 5.76 Å². The van der Waals surface area contributed by atoms with Crippen LogP contribution in [0.3, 0.4) is 0 Å². The number of hydrogen-bond acceptors (Lipinski definition) is 5. The molecule has 0 spiro atoms. The third-order valence-corrected chi connectivity index (χ3v) is 1.23. The summed E-state index contributed by atoms with van der Waals surface area (Å²) < 4.78 is 4.57. The van der Waals surface area contributed by atoms with Gasteiger partial charge in [0.1, 0.15) is 4.92 Å². The average molecular weight is 170 g/mol. The van der Waals surface area contributed by atoms with E-state index in [2.05, 4.69) is 4.42 Å². The van der Waals surface area contributed by atoms with Crippen LogP contribution in [0.4, 0.5) is 5.88 Å². The van der Waals surface area contributed by atoms with E-state index in [4.69, 9.17) is 5.73 Å². The lowest BCUT2D eigenvalue weighted by Gasteiger charge is -1.87. The molecule has 6 heteroatoms. The molecule has 0 aromatic carbocycles. The number of rotatable bonds is 3. The summed E-state index contributed by atoms with van der Waals surface area (Å²) in [5.74, 6) is -0.987. The number of hydrogen-bond donors (Lipinski definition) is 1. The van der Waals surface area contributed by atoms with Crippen LogP contribution in [-0.4, -0.2) is 17.3 Å². The van der Waals surface area contributed by atoms with Crippen molar-refractivity contribution in [1.82, 2.24) is 0 Å². The first-order chi connectivity index (χ1) is 5.65. The van der Waals surface area contributed by atoms with Gasteiger partial charge in [-0.05, 0) is 6.07 Å². The zero-order valence-electron chi connectivity index (χ0n) is 6.02. The fourth-order valence-corrected chi connectivity index (χ4v) is 0.676. The molecule has 0 bridgehead atoms. The fourth-order valence-electron chi connectivity index (χ4n) is 0.676. The lowest BCUT2D eigenvalue weighted by molar-refractivity contribution is -0.402. The van der Waals surface area contributed by atoms with Crippen LogP contribution in [0, 0.1) is 10.1 Å². The molecule has 0 fully saturated rings. The molecule has 0 radical (unpaired) electrons. The van der Waals surface area contributed by atoms with Crippen LogP contribution in [0.15, 0.2) is 16.5 Å². The van der Waals surface area contributed by atoms with Crippen LogP contribution < -0.4 is 5.73 Å². The second-order valence-electron chi connectivity index (χ2n) is 2.02. The van der Waals surface area contributed by atoms with Gasteiger partial charge in [0, 0.05) is 0 Å². The molecule has 0 amide bonds. The van der Waals surface area contributed by atoms with Crippen LogP contribution in [0.2, 0.25) is 0 Å². The molecular formula is C6H6N2O4. The fraction of sp³-hybridized carbons (Fsp3) is 0.167. The predicted octanol–water partition coefficient (Wildman–Crippen LogP) is 0.329. The van der Waals surface area contributed by atoms with Gasteiger partial charge in [-0.25, -0.2) is 0 Å². The number of furan rings is 1. The molecule has 0 aliphatic carbocycles. The highest BCUT2D eigenvalue weighted by molar-refractivity contribution is 5.95. The van der Waals surface area contributed by atoms with Crippen molar-refractivity contribution >= 4 is 11.7 Å². The topological polar surface area (TPSA) is 99.4 Å². The summed E-state index contributed by atoms with van der Waals surface area (Å²) in [5, 5.41) is 10.1. The first-order valence-electron chi connectivity index (χ1n) is 3.12. The maximum Gasteiger partial charge on any atom is 0.433 e. The molecule has 1 rings (SSSR count). The van der Waals surface area contributed by atoms with Crippen molar-refractivity contribution in [1.29, 1.82) is 0 Å². The average Bonchev–Trinajstić information content (AvgIpc) is 2.51. The second kappa shape index (κ2) is 3.14. The van der Waals surface area contributed by atoms with E-state index < -0.39 is 16.6 Å². The molecule has 0 atom stereocenters. The van der Waals surface area contributed by atoms with Crippen molar-refractivity contribution in [3.63, 3.8) is 0 Å². The second-order valence-corrected chi connectivity index (χ2v) is 2.02. The first-order valence-corrected chi connectivity index (χ1v) is 3.12. The van der Waals surface area contributed by atoms with Gasteiger partial charge in [0.05, 0.1) is 12.6 Å². The Morgan fingerprint density at radius 3 is 2.75 bits per heavy atom. The Balaban J connectivity index is 2.91. The maximum atomic E-state index is 10.8. The number of carbonyl (C=O) groups is 1. The molecule has 0 aliphatic heterocycles. The molecule has 0 aliphatic rings. The Bertz CT molecular complexity index is 317. The number of carbonyl (C=O) groups excluding carboxylic acids is 1. The summed E-state index contributed by atoms with van der Waals surface area (Å²) in [4.78, 5) is 20.2. The minimum atomic E-state index is -0.715. The number of Topliss-reactive ketones (excluding diaryl/α,β-unsaturated/α-hetero) is 1. The number of nitro groups is 1. The highest BCUT2D eigenvalue weighted by Crippen LogP contribution is 2.15. The molecule has 6 nitrogen and oxygen atoms in total. The number of nitrogens with two attached hydrogens (primary N) is 1. The highest BCUT2D eigenvalue weighted by atomic mass is 16.6. The Kier molecular flexibility index (Phi) is 2.20. The summed E-state index contributed by atoms with van der Waals surface area (Å²) in [6.07, 6.45) is 0. The third kappa shape index (κ3) is 1.48. The van der Waals surface area contributed by atoms with E-state index in [0.29, 0.717) is 0 Å². The monoisotopic (exact) mass is 170 g/mol. The molecule has 1 aromatic heterocycles. The van der Waals surface area contributed by atoms with Crippen molar-refractivity contribution in [2.45, 2.75) is 0 Å². The Labute approximate surface area is 67.1 Å². The van der Waals surface area contributed by atoms with Gasteiger partial charge in [-0.2, -0.15) is 0 Å². The van der Waals surface area contributed by atoms with E-state index in [1.165, 1.54) is 6.07 Å². The van der Waals surface area contributed by atoms with Crippen molar-refractivity contribution < 1.29 is 14.1 Å². The summed E-state index contributed by atoms with van der Waals surface area (Å²) in [5.41, 5.74) is 5.01. The molecular weight excluding hydrogens is 164 g/mol. The summed E-state index contributed by atoms with van der Waals surface area (Å²) >= 11 is 0. The smallest absolute Gasteiger partial charge is 0.397 e. The minimum Gasteiger partial charge on any atom is -0.397 e. The zero-order chi connectivity index (χ0) is 9.14. The largest absolute Gasteiger partial charge is 0.433 e. The molecule has 1 heterocycles. The number of nitrogens with zero attached hydrogens (tertiary/aromatic N) is 1. The SMILES string of the molecule is NCC(=O)c1ccc([N+](=O)[O-])o1. The Morgan fingerprint density at radius 2 is 2.33 bits per heavy atom. The standard InChI is InChI=1S/C6H6N2O4/c7-3-4(9)5-1-2-6(12-5)8(10)11/h1-2H,3,7H2. The van der Waals surface area contributed by atoms with Gasteiger partial charge in [-0.3, -0.25) is 14.9 Å². The van der Waals surface area contributed by atoms with E-state index in [1.807, 2.05) is 0 Å². The van der Waals surface area contributed by atoms with Gasteiger partial charge >= 0.3 is 5.88 Å². The molecule has 0 unspecified atom stereocenters. The van der Waals surface area contributed by atoms with Crippen molar-refractivity contribution in [2.75, 3.05) is 6.54 Å². The number of ketones is 1. The van der Waals surface area contributed by atoms with Crippen LogP contribution >= 0.6 is 0 Å². The molecule has 1 aromatic rings. The lowest BCUT2D eigenvalue weighted by atomic mass is 10.3. The van der Waals surface area contributed by atoms with E-state index >= 15 is 0 Å². The molecule has 0 saturated carbocycles. The molecule has 0 saturated heterocycles. The molecule has 12 heavy (non-hydrogen) atoms. The summed E-state index contributed by atoms with van der Waals surface area (Å²) in [6.45, 7) is -0.218.